The molecule has 2 aliphatic heterocycles. The van der Waals surface area contributed by atoms with Crippen LogP contribution in [-0.4, -0.2) is 70.6 Å². The number of aliphatic carboxylic acids is 1. The Bertz CT molecular complexity index is 632. The van der Waals surface area contributed by atoms with E-state index in [0.717, 1.165) is 32.2 Å². The Kier molecular flexibility index (Phi) is 8.91. The normalized spacial score (nSPS) is 23.6. The Morgan fingerprint density at radius 1 is 1.31 bits per heavy atom. The molecule has 0 saturated carbocycles. The zero-order valence-corrected chi connectivity index (χ0v) is 16.8. The standard InChI is InChI=1S/C17H30N4O.C2HF3O2/c1-20-13-19-10-17(20)15-11-21(12-16(15)18)7-3-2-4-14-5-8-22-9-6-14;3-2(4,5)1(6)7/h10,13-16H,2-9,11-12,18H2,1H3;(H,6,7)/t15-,16-;/m1./s1. The molecule has 0 aliphatic carbocycles. The van der Waals surface area contributed by atoms with E-state index in [1.165, 1.54) is 44.3 Å². The van der Waals surface area contributed by atoms with Gasteiger partial charge in [-0.1, -0.05) is 12.8 Å². The summed E-state index contributed by atoms with van der Waals surface area (Å²) in [5.41, 5.74) is 7.63. The van der Waals surface area contributed by atoms with E-state index in [2.05, 4.69) is 21.5 Å². The highest BCUT2D eigenvalue weighted by Gasteiger charge is 2.38. The predicted octanol–water partition coefficient (Wildman–Crippen LogP) is 2.38. The van der Waals surface area contributed by atoms with Gasteiger partial charge in [0.25, 0.3) is 0 Å². The summed E-state index contributed by atoms with van der Waals surface area (Å²) >= 11 is 0. The summed E-state index contributed by atoms with van der Waals surface area (Å²) in [6, 6.07) is 0.242. The van der Waals surface area contributed by atoms with E-state index in [-0.39, 0.29) is 6.04 Å². The lowest BCUT2D eigenvalue weighted by Crippen LogP contribution is -2.29. The van der Waals surface area contributed by atoms with Crippen molar-refractivity contribution in [3.05, 3.63) is 18.2 Å². The number of halogens is 3. The van der Waals surface area contributed by atoms with Crippen molar-refractivity contribution in [3.8, 4) is 0 Å². The average molecular weight is 420 g/mol. The van der Waals surface area contributed by atoms with Gasteiger partial charge in [-0.05, 0) is 31.7 Å². The van der Waals surface area contributed by atoms with Gasteiger partial charge in [0.2, 0.25) is 0 Å². The second-order valence-corrected chi connectivity index (χ2v) is 7.81. The number of aryl methyl sites for hydroxylation is 1. The second-order valence-electron chi connectivity index (χ2n) is 7.81. The smallest absolute Gasteiger partial charge is 0.475 e. The van der Waals surface area contributed by atoms with Gasteiger partial charge >= 0.3 is 12.1 Å². The van der Waals surface area contributed by atoms with E-state index in [0.29, 0.717) is 5.92 Å². The van der Waals surface area contributed by atoms with Crippen molar-refractivity contribution in [2.45, 2.75) is 50.2 Å². The number of hydrogen-bond donors (Lipinski definition) is 2. The molecule has 3 heterocycles. The van der Waals surface area contributed by atoms with Crippen LogP contribution in [-0.2, 0) is 16.6 Å². The van der Waals surface area contributed by atoms with Gasteiger partial charge in [-0.15, -0.1) is 0 Å². The molecule has 1 aromatic heterocycles. The van der Waals surface area contributed by atoms with Crippen molar-refractivity contribution < 1.29 is 27.8 Å². The molecule has 10 heteroatoms. The monoisotopic (exact) mass is 420 g/mol. The lowest BCUT2D eigenvalue weighted by atomic mass is 9.94. The van der Waals surface area contributed by atoms with Gasteiger partial charge < -0.3 is 25.0 Å². The molecule has 2 atom stereocenters. The third kappa shape index (κ3) is 7.60. The van der Waals surface area contributed by atoms with Gasteiger partial charge in [-0.2, -0.15) is 13.2 Å². The molecule has 29 heavy (non-hydrogen) atoms. The van der Waals surface area contributed by atoms with Crippen LogP contribution >= 0.6 is 0 Å². The highest BCUT2D eigenvalue weighted by atomic mass is 19.4. The van der Waals surface area contributed by atoms with Crippen molar-refractivity contribution in [3.63, 3.8) is 0 Å². The summed E-state index contributed by atoms with van der Waals surface area (Å²) in [5.74, 6) is -1.42. The van der Waals surface area contributed by atoms with Crippen LogP contribution in [0.2, 0.25) is 0 Å². The topological polar surface area (TPSA) is 93.6 Å². The summed E-state index contributed by atoms with van der Waals surface area (Å²) < 4.78 is 39.3. The fraction of sp³-hybridized carbons (Fsp3) is 0.789. The molecule has 0 radical (unpaired) electrons. The van der Waals surface area contributed by atoms with Gasteiger partial charge in [0, 0.05) is 57.2 Å². The number of carboxylic acid groups (broad SMARTS) is 1. The first-order chi connectivity index (χ1) is 13.7. The summed E-state index contributed by atoms with van der Waals surface area (Å²) in [7, 11) is 2.06. The second kappa shape index (κ2) is 10.9. The van der Waals surface area contributed by atoms with Crippen molar-refractivity contribution in [2.24, 2.45) is 18.7 Å². The maximum absolute atomic E-state index is 10.6. The highest BCUT2D eigenvalue weighted by molar-refractivity contribution is 5.73. The van der Waals surface area contributed by atoms with Crippen molar-refractivity contribution >= 4 is 5.97 Å². The molecule has 1 aromatic rings. The number of alkyl halides is 3. The van der Waals surface area contributed by atoms with Crippen LogP contribution in [0.4, 0.5) is 13.2 Å². The molecule has 3 rings (SSSR count). The molecule has 7 nitrogen and oxygen atoms in total. The van der Waals surface area contributed by atoms with Gasteiger partial charge in [0.15, 0.2) is 0 Å². The largest absolute Gasteiger partial charge is 0.490 e. The van der Waals surface area contributed by atoms with E-state index in [4.69, 9.17) is 20.4 Å². The maximum Gasteiger partial charge on any atom is 0.490 e. The molecule has 3 N–H and O–H groups in total. The van der Waals surface area contributed by atoms with Gasteiger partial charge in [-0.3, -0.25) is 0 Å². The molecule has 0 amide bonds. The Hall–Kier alpha value is -1.65. The number of likely N-dealkylation sites (tertiary alicyclic amines) is 1. The van der Waals surface area contributed by atoms with Crippen LogP contribution < -0.4 is 5.73 Å². The Labute approximate surface area is 169 Å². The Morgan fingerprint density at radius 3 is 2.52 bits per heavy atom. The number of aromatic nitrogens is 2. The lowest BCUT2D eigenvalue weighted by molar-refractivity contribution is -0.192. The van der Waals surface area contributed by atoms with Gasteiger partial charge in [-0.25, -0.2) is 9.78 Å². The molecule has 2 fully saturated rings. The number of carboxylic acids is 1. The van der Waals surface area contributed by atoms with Crippen LogP contribution in [0.3, 0.4) is 0 Å². The first-order valence-corrected chi connectivity index (χ1v) is 10.0. The van der Waals surface area contributed by atoms with E-state index in [9.17, 15) is 13.2 Å². The molecule has 2 saturated heterocycles. The third-order valence-electron chi connectivity index (χ3n) is 5.59. The Morgan fingerprint density at radius 2 is 1.97 bits per heavy atom. The SMILES string of the molecule is Cn1cncc1[C@@H]1CN(CCCCC2CCOCC2)C[C@H]1N.O=C(O)C(F)(F)F. The van der Waals surface area contributed by atoms with E-state index in [1.807, 2.05) is 12.5 Å². The van der Waals surface area contributed by atoms with Crippen LogP contribution in [0.25, 0.3) is 0 Å². The fourth-order valence-electron chi connectivity index (χ4n) is 3.94. The maximum atomic E-state index is 10.6. The van der Waals surface area contributed by atoms with E-state index >= 15 is 0 Å². The first kappa shape index (κ1) is 23.6. The summed E-state index contributed by atoms with van der Waals surface area (Å²) in [5, 5.41) is 7.12. The molecule has 2 aliphatic rings. The number of unbranched alkanes of at least 4 members (excludes halogenated alkanes) is 1. The molecule has 0 aromatic carbocycles. The van der Waals surface area contributed by atoms with Crippen molar-refractivity contribution in [1.29, 1.82) is 0 Å². The highest BCUT2D eigenvalue weighted by Crippen LogP contribution is 2.26. The number of hydrogen-bond acceptors (Lipinski definition) is 5. The molecule has 0 bridgehead atoms. The fourth-order valence-corrected chi connectivity index (χ4v) is 3.94. The number of nitrogens with two attached hydrogens (primary N) is 1. The molecule has 0 unspecified atom stereocenters. The molecule has 0 spiro atoms. The van der Waals surface area contributed by atoms with Crippen LogP contribution in [0.15, 0.2) is 12.5 Å². The number of rotatable bonds is 6. The zero-order chi connectivity index (χ0) is 21.4. The van der Waals surface area contributed by atoms with Crippen LogP contribution in [0, 0.1) is 5.92 Å². The molecule has 166 valence electrons. The summed E-state index contributed by atoms with van der Waals surface area (Å²) in [6.45, 7) is 5.23. The van der Waals surface area contributed by atoms with Crippen molar-refractivity contribution in [2.75, 3.05) is 32.8 Å². The van der Waals surface area contributed by atoms with Crippen LogP contribution in [0.5, 0.6) is 0 Å². The summed E-state index contributed by atoms with van der Waals surface area (Å²) in [4.78, 5) is 15.7. The molecular formula is C19H31F3N4O3. The number of carbonyl (C=O) groups is 1. The minimum absolute atomic E-state index is 0.242. The van der Waals surface area contributed by atoms with Crippen molar-refractivity contribution in [1.82, 2.24) is 14.5 Å². The van der Waals surface area contributed by atoms with E-state index < -0.39 is 12.1 Å². The van der Waals surface area contributed by atoms with E-state index in [1.54, 1.807) is 0 Å². The molecular weight excluding hydrogens is 389 g/mol. The Balaban J connectivity index is 0.000000370. The zero-order valence-electron chi connectivity index (χ0n) is 16.8. The van der Waals surface area contributed by atoms with Gasteiger partial charge in [0.05, 0.1) is 6.33 Å². The minimum Gasteiger partial charge on any atom is -0.475 e. The minimum atomic E-state index is -5.08. The first-order valence-electron chi connectivity index (χ1n) is 10.0. The third-order valence-corrected chi connectivity index (χ3v) is 5.59. The number of ether oxygens (including phenoxy) is 1. The van der Waals surface area contributed by atoms with Crippen LogP contribution in [0.1, 0.15) is 43.7 Å². The summed E-state index contributed by atoms with van der Waals surface area (Å²) in [6.07, 6.45) is 5.29. The predicted molar refractivity (Wildman–Crippen MR) is 101 cm³/mol. The lowest BCUT2D eigenvalue weighted by Gasteiger charge is -2.22. The van der Waals surface area contributed by atoms with Gasteiger partial charge in [0.1, 0.15) is 0 Å². The quantitative estimate of drug-likeness (QED) is 0.687. The number of imidazole rings is 1. The number of nitrogens with zero attached hydrogens (tertiary/aromatic N) is 3. The average Bonchev–Trinajstić information content (AvgIpc) is 3.24.